The lowest BCUT2D eigenvalue weighted by Crippen LogP contribution is -2.52. The summed E-state index contributed by atoms with van der Waals surface area (Å²) in [5, 5.41) is 0. The van der Waals surface area contributed by atoms with Crippen LogP contribution in [0.1, 0.15) is 45.9 Å². The maximum Gasteiger partial charge on any atom is 0.252 e. The van der Waals surface area contributed by atoms with Crippen molar-refractivity contribution in [1.82, 2.24) is 19.9 Å². The molecule has 1 atom stereocenters. The van der Waals surface area contributed by atoms with E-state index >= 15 is 0 Å². The molecule has 0 aromatic carbocycles. The third-order valence-corrected chi connectivity index (χ3v) is 5.57. The Labute approximate surface area is 147 Å². The molecule has 0 N–H and O–H groups in total. The molecule has 2 fully saturated rings. The number of aryl methyl sites for hydroxylation is 1. The molecule has 2 aromatic heterocycles. The molecule has 2 aliphatic rings. The Balaban J connectivity index is 1.64. The fourth-order valence-electron chi connectivity index (χ4n) is 4.19. The second-order valence-electron chi connectivity index (χ2n) is 7.46. The van der Waals surface area contributed by atoms with Gasteiger partial charge in [-0.05, 0) is 33.1 Å². The highest BCUT2D eigenvalue weighted by Gasteiger charge is 2.49. The van der Waals surface area contributed by atoms with Gasteiger partial charge in [-0.2, -0.15) is 4.98 Å². The number of oxazole rings is 1. The summed E-state index contributed by atoms with van der Waals surface area (Å²) in [6.07, 6.45) is 5.15. The van der Waals surface area contributed by atoms with E-state index in [9.17, 15) is 4.79 Å². The van der Waals surface area contributed by atoms with Crippen molar-refractivity contribution in [2.24, 2.45) is 5.41 Å². The number of nitrogens with zero attached hydrogens (tertiary/aromatic N) is 5. The maximum absolute atomic E-state index is 13.1. The van der Waals surface area contributed by atoms with Gasteiger partial charge in [0, 0.05) is 32.1 Å². The average molecular weight is 343 g/mol. The van der Waals surface area contributed by atoms with Crippen LogP contribution in [0.2, 0.25) is 0 Å². The Morgan fingerprint density at radius 2 is 2.12 bits per heavy atom. The molecule has 7 nitrogen and oxygen atoms in total. The minimum atomic E-state index is -0.281. The Morgan fingerprint density at radius 3 is 2.88 bits per heavy atom. The minimum absolute atomic E-state index is 0.257. The van der Waals surface area contributed by atoms with E-state index in [-0.39, 0.29) is 11.5 Å². The highest BCUT2D eigenvalue weighted by Crippen LogP contribution is 2.42. The van der Waals surface area contributed by atoms with Gasteiger partial charge < -0.3 is 14.2 Å². The molecule has 2 aliphatic heterocycles. The summed E-state index contributed by atoms with van der Waals surface area (Å²) in [6, 6.07) is 0.257. The van der Waals surface area contributed by atoms with Gasteiger partial charge in [-0.25, -0.2) is 9.97 Å². The van der Waals surface area contributed by atoms with Crippen molar-refractivity contribution in [3.05, 3.63) is 12.2 Å². The van der Waals surface area contributed by atoms with Crippen LogP contribution < -0.4 is 4.90 Å². The van der Waals surface area contributed by atoms with Gasteiger partial charge in [0.2, 0.25) is 5.91 Å². The molecule has 0 aliphatic carbocycles. The van der Waals surface area contributed by atoms with Crippen molar-refractivity contribution in [1.29, 1.82) is 0 Å². The van der Waals surface area contributed by atoms with E-state index in [2.05, 4.69) is 33.7 Å². The normalized spacial score (nSPS) is 24.2. The van der Waals surface area contributed by atoms with Crippen molar-refractivity contribution in [2.75, 3.05) is 24.5 Å². The molecule has 4 rings (SSSR count). The van der Waals surface area contributed by atoms with E-state index in [1.165, 1.54) is 6.33 Å². The van der Waals surface area contributed by atoms with Gasteiger partial charge >= 0.3 is 0 Å². The van der Waals surface area contributed by atoms with E-state index in [0.29, 0.717) is 29.6 Å². The second-order valence-corrected chi connectivity index (χ2v) is 7.46. The summed E-state index contributed by atoms with van der Waals surface area (Å²) in [5.74, 6) is 1.76. The maximum atomic E-state index is 13.1. The van der Waals surface area contributed by atoms with E-state index in [0.717, 1.165) is 44.6 Å². The third-order valence-electron chi connectivity index (χ3n) is 5.57. The molecule has 2 aromatic rings. The van der Waals surface area contributed by atoms with Crippen LogP contribution in [0, 0.1) is 5.41 Å². The largest absolute Gasteiger partial charge is 0.422 e. The van der Waals surface area contributed by atoms with Crippen LogP contribution in [0.3, 0.4) is 0 Å². The SMILES string of the molecule is CCc1nc2c(N3CCC4(CCCN(C(C)C)C4=O)C3)ncnc2o1. The number of hydrogen-bond acceptors (Lipinski definition) is 6. The van der Waals surface area contributed by atoms with Gasteiger partial charge in [-0.1, -0.05) is 6.92 Å². The number of piperidine rings is 1. The summed E-state index contributed by atoms with van der Waals surface area (Å²) in [4.78, 5) is 30.5. The van der Waals surface area contributed by atoms with Gasteiger partial charge in [0.05, 0.1) is 5.41 Å². The number of hydrogen-bond donors (Lipinski definition) is 0. The number of likely N-dealkylation sites (tertiary alicyclic amines) is 1. The molecular weight excluding hydrogens is 318 g/mol. The Kier molecular flexibility index (Phi) is 3.89. The van der Waals surface area contributed by atoms with Crippen LogP contribution >= 0.6 is 0 Å². The lowest BCUT2D eigenvalue weighted by atomic mass is 9.78. The molecule has 0 saturated carbocycles. The topological polar surface area (TPSA) is 75.4 Å². The fraction of sp³-hybridized carbons (Fsp3) is 0.667. The zero-order chi connectivity index (χ0) is 17.6. The number of anilines is 1. The van der Waals surface area contributed by atoms with Crippen molar-refractivity contribution in [3.63, 3.8) is 0 Å². The van der Waals surface area contributed by atoms with Crippen LogP contribution in [0.25, 0.3) is 11.2 Å². The summed E-state index contributed by atoms with van der Waals surface area (Å²) < 4.78 is 5.66. The fourth-order valence-corrected chi connectivity index (χ4v) is 4.19. The Morgan fingerprint density at radius 1 is 1.28 bits per heavy atom. The summed E-state index contributed by atoms with van der Waals surface area (Å²) in [6.45, 7) is 8.59. The van der Waals surface area contributed by atoms with Crippen molar-refractivity contribution in [3.8, 4) is 0 Å². The molecule has 4 heterocycles. The molecule has 0 bridgehead atoms. The number of fused-ring (bicyclic) bond motifs is 1. The minimum Gasteiger partial charge on any atom is -0.422 e. The lowest BCUT2D eigenvalue weighted by Gasteiger charge is -2.41. The first kappa shape index (κ1) is 16.3. The number of aromatic nitrogens is 3. The van der Waals surface area contributed by atoms with Crippen LogP contribution in [-0.4, -0.2) is 51.4 Å². The van der Waals surface area contributed by atoms with E-state index in [4.69, 9.17) is 4.42 Å². The summed E-state index contributed by atoms with van der Waals surface area (Å²) in [5.41, 5.74) is 0.957. The van der Waals surface area contributed by atoms with Gasteiger partial charge in [-0.15, -0.1) is 0 Å². The number of amides is 1. The van der Waals surface area contributed by atoms with Crippen LogP contribution in [0.5, 0.6) is 0 Å². The highest BCUT2D eigenvalue weighted by atomic mass is 16.4. The van der Waals surface area contributed by atoms with E-state index in [1.807, 2.05) is 11.8 Å². The monoisotopic (exact) mass is 343 g/mol. The third kappa shape index (κ3) is 2.56. The molecular formula is C18H25N5O2. The number of carbonyl (C=O) groups excluding carboxylic acids is 1. The first-order valence-corrected chi connectivity index (χ1v) is 9.20. The molecule has 1 spiro atoms. The van der Waals surface area contributed by atoms with Crippen LogP contribution in [0.15, 0.2) is 10.7 Å². The van der Waals surface area contributed by atoms with Gasteiger partial charge in [0.15, 0.2) is 17.2 Å². The predicted octanol–water partition coefficient (Wildman–Crippen LogP) is 2.41. The Hall–Kier alpha value is -2.18. The highest BCUT2D eigenvalue weighted by molar-refractivity contribution is 5.87. The molecule has 1 unspecified atom stereocenters. The van der Waals surface area contributed by atoms with Gasteiger partial charge in [-0.3, -0.25) is 4.79 Å². The lowest BCUT2D eigenvalue weighted by molar-refractivity contribution is -0.147. The van der Waals surface area contributed by atoms with Crippen molar-refractivity contribution >= 4 is 23.0 Å². The quantitative estimate of drug-likeness (QED) is 0.852. The zero-order valence-electron chi connectivity index (χ0n) is 15.2. The first-order valence-electron chi connectivity index (χ1n) is 9.20. The van der Waals surface area contributed by atoms with Crippen molar-refractivity contribution in [2.45, 2.75) is 52.5 Å². The number of carbonyl (C=O) groups is 1. The van der Waals surface area contributed by atoms with Crippen LogP contribution in [-0.2, 0) is 11.2 Å². The molecule has 0 radical (unpaired) electrons. The molecule has 25 heavy (non-hydrogen) atoms. The number of rotatable bonds is 3. The predicted molar refractivity (Wildman–Crippen MR) is 94.3 cm³/mol. The molecule has 134 valence electrons. The molecule has 7 heteroatoms. The zero-order valence-corrected chi connectivity index (χ0v) is 15.2. The summed E-state index contributed by atoms with van der Waals surface area (Å²) in [7, 11) is 0. The standard InChI is InChI=1S/C18H25N5O2/c1-4-13-21-14-15(19-11-20-16(14)25-13)22-9-7-18(10-22)6-5-8-23(12(2)3)17(18)24/h11-12H,4-10H2,1-3H3. The second kappa shape index (κ2) is 5.97. The van der Waals surface area contributed by atoms with E-state index in [1.54, 1.807) is 0 Å². The van der Waals surface area contributed by atoms with Crippen LogP contribution in [0.4, 0.5) is 5.82 Å². The molecule has 2 saturated heterocycles. The molecule has 1 amide bonds. The van der Waals surface area contributed by atoms with Gasteiger partial charge in [0.25, 0.3) is 5.71 Å². The smallest absolute Gasteiger partial charge is 0.252 e. The van der Waals surface area contributed by atoms with Crippen molar-refractivity contribution < 1.29 is 9.21 Å². The average Bonchev–Trinajstić information content (AvgIpc) is 3.21. The first-order chi connectivity index (χ1) is 12.0. The van der Waals surface area contributed by atoms with E-state index < -0.39 is 0 Å². The Bertz CT molecular complexity index is 802. The summed E-state index contributed by atoms with van der Waals surface area (Å²) >= 11 is 0. The van der Waals surface area contributed by atoms with Gasteiger partial charge in [0.1, 0.15) is 6.33 Å².